The summed E-state index contributed by atoms with van der Waals surface area (Å²) in [7, 11) is 3.29. The molecule has 0 amide bonds. The van der Waals surface area contributed by atoms with Gasteiger partial charge in [-0.25, -0.2) is 0 Å². The fourth-order valence-electron chi connectivity index (χ4n) is 0.660. The molecule has 9 heavy (non-hydrogen) atoms. The molecule has 0 saturated carbocycles. The SMILES string of the molecule is Oc1ccccc1C[Si]. The van der Waals surface area contributed by atoms with E-state index >= 15 is 0 Å². The van der Waals surface area contributed by atoms with Crippen LogP contribution in [0.15, 0.2) is 24.3 Å². The highest BCUT2D eigenvalue weighted by atomic mass is 28.1. The smallest absolute Gasteiger partial charge is 0.118 e. The molecule has 0 fully saturated rings. The van der Waals surface area contributed by atoms with Crippen LogP contribution in [-0.2, 0) is 6.04 Å². The first-order valence-corrected chi connectivity index (χ1v) is 3.47. The molecule has 3 radical (unpaired) electrons. The van der Waals surface area contributed by atoms with Crippen molar-refractivity contribution in [2.75, 3.05) is 0 Å². The Bertz CT molecular complexity index is 198. The first kappa shape index (κ1) is 6.36. The minimum Gasteiger partial charge on any atom is -0.508 e. The maximum atomic E-state index is 9.08. The lowest BCUT2D eigenvalue weighted by Gasteiger charge is -1.96. The summed E-state index contributed by atoms with van der Waals surface area (Å²) in [5, 5.41) is 9.08. The van der Waals surface area contributed by atoms with Gasteiger partial charge in [0.2, 0.25) is 0 Å². The van der Waals surface area contributed by atoms with E-state index in [1.807, 2.05) is 12.1 Å². The molecule has 0 aliphatic rings. The van der Waals surface area contributed by atoms with Crippen molar-refractivity contribution < 1.29 is 5.11 Å². The Kier molecular flexibility index (Phi) is 1.90. The van der Waals surface area contributed by atoms with Gasteiger partial charge in [-0.05, 0) is 17.7 Å². The van der Waals surface area contributed by atoms with Gasteiger partial charge in [0.05, 0.1) is 0 Å². The third kappa shape index (κ3) is 1.33. The summed E-state index contributed by atoms with van der Waals surface area (Å²) >= 11 is 0. The van der Waals surface area contributed by atoms with Gasteiger partial charge in [0.25, 0.3) is 0 Å². The summed E-state index contributed by atoms with van der Waals surface area (Å²) in [5.74, 6) is 0.354. The first-order chi connectivity index (χ1) is 4.34. The quantitative estimate of drug-likeness (QED) is 0.571. The van der Waals surface area contributed by atoms with Crippen molar-refractivity contribution in [3.8, 4) is 5.75 Å². The molecule has 0 saturated heterocycles. The molecule has 0 bridgehead atoms. The molecule has 0 spiro atoms. The van der Waals surface area contributed by atoms with Crippen LogP contribution in [0.1, 0.15) is 5.56 Å². The minimum atomic E-state index is 0.354. The standard InChI is InChI=1S/C7H7OSi/c8-7-4-2-1-3-6(7)5-9/h1-4,8H,5H2. The zero-order chi connectivity index (χ0) is 6.69. The van der Waals surface area contributed by atoms with Crippen molar-refractivity contribution in [2.45, 2.75) is 6.04 Å². The molecule has 0 heterocycles. The van der Waals surface area contributed by atoms with E-state index in [0.29, 0.717) is 11.8 Å². The molecule has 1 nitrogen and oxygen atoms in total. The average Bonchev–Trinajstić information content (AvgIpc) is 1.89. The Hall–Kier alpha value is -0.763. The Morgan fingerprint density at radius 3 is 2.44 bits per heavy atom. The van der Waals surface area contributed by atoms with E-state index in [2.05, 4.69) is 10.2 Å². The third-order valence-corrected chi connectivity index (χ3v) is 1.56. The number of hydrogen-bond donors (Lipinski definition) is 1. The second-order valence-corrected chi connectivity index (χ2v) is 2.16. The molecule has 2 heteroatoms. The number of phenols is 1. The molecule has 0 aliphatic carbocycles. The maximum Gasteiger partial charge on any atom is 0.118 e. The van der Waals surface area contributed by atoms with Crippen molar-refractivity contribution in [3.05, 3.63) is 29.8 Å². The number of rotatable bonds is 1. The number of hydrogen-bond acceptors (Lipinski definition) is 1. The molecule has 0 aliphatic heterocycles. The second kappa shape index (κ2) is 2.69. The number of aromatic hydroxyl groups is 1. The van der Waals surface area contributed by atoms with Gasteiger partial charge in [-0.1, -0.05) is 18.2 Å². The summed E-state index contributed by atoms with van der Waals surface area (Å²) in [4.78, 5) is 0. The fraction of sp³-hybridized carbons (Fsp3) is 0.143. The summed E-state index contributed by atoms with van der Waals surface area (Å²) in [6, 6.07) is 7.96. The van der Waals surface area contributed by atoms with Gasteiger partial charge in [-0.3, -0.25) is 0 Å². The molecule has 0 unspecified atom stereocenters. The first-order valence-electron chi connectivity index (χ1n) is 2.76. The molecular formula is C7H7OSi. The van der Waals surface area contributed by atoms with Gasteiger partial charge in [0.15, 0.2) is 0 Å². The second-order valence-electron chi connectivity index (χ2n) is 1.81. The van der Waals surface area contributed by atoms with Gasteiger partial charge >= 0.3 is 0 Å². The third-order valence-electron chi connectivity index (χ3n) is 1.18. The van der Waals surface area contributed by atoms with Crippen molar-refractivity contribution in [2.24, 2.45) is 0 Å². The average molecular weight is 135 g/mol. The minimum absolute atomic E-state index is 0.354. The number of phenolic OH excluding ortho intramolecular Hbond substituents is 1. The summed E-state index contributed by atoms with van der Waals surface area (Å²) in [6.45, 7) is 0. The van der Waals surface area contributed by atoms with Crippen LogP contribution in [0.2, 0.25) is 0 Å². The van der Waals surface area contributed by atoms with Gasteiger partial charge in [-0.15, -0.1) is 0 Å². The molecular weight excluding hydrogens is 128 g/mol. The van der Waals surface area contributed by atoms with Crippen LogP contribution in [0.4, 0.5) is 0 Å². The topological polar surface area (TPSA) is 20.2 Å². The van der Waals surface area contributed by atoms with E-state index in [1.165, 1.54) is 0 Å². The van der Waals surface area contributed by atoms with Crippen molar-refractivity contribution in [3.63, 3.8) is 0 Å². The van der Waals surface area contributed by atoms with Crippen molar-refractivity contribution >= 4 is 10.2 Å². The van der Waals surface area contributed by atoms with Crippen LogP contribution in [0.25, 0.3) is 0 Å². The lowest BCUT2D eigenvalue weighted by Crippen LogP contribution is -1.81. The van der Waals surface area contributed by atoms with E-state index in [9.17, 15) is 0 Å². The lowest BCUT2D eigenvalue weighted by atomic mass is 10.2. The molecule has 45 valence electrons. The van der Waals surface area contributed by atoms with E-state index in [0.717, 1.165) is 5.56 Å². The van der Waals surface area contributed by atoms with E-state index in [4.69, 9.17) is 5.11 Å². The molecule has 0 atom stereocenters. The highest BCUT2D eigenvalue weighted by molar-refractivity contribution is 6.08. The van der Waals surface area contributed by atoms with Gasteiger partial charge in [0.1, 0.15) is 5.75 Å². The van der Waals surface area contributed by atoms with Crippen LogP contribution in [-0.4, -0.2) is 15.3 Å². The zero-order valence-electron chi connectivity index (χ0n) is 4.96. The number of para-hydroxylation sites is 1. The van der Waals surface area contributed by atoms with Gasteiger partial charge < -0.3 is 5.11 Å². The van der Waals surface area contributed by atoms with Crippen LogP contribution in [0, 0.1) is 0 Å². The van der Waals surface area contributed by atoms with Crippen LogP contribution in [0.3, 0.4) is 0 Å². The van der Waals surface area contributed by atoms with E-state index < -0.39 is 0 Å². The molecule has 1 N–H and O–H groups in total. The molecule has 1 rings (SSSR count). The molecule has 1 aromatic rings. The fourth-order valence-corrected chi connectivity index (χ4v) is 0.959. The van der Waals surface area contributed by atoms with Crippen LogP contribution >= 0.6 is 0 Å². The summed E-state index contributed by atoms with van der Waals surface area (Å²) in [5.41, 5.74) is 0.925. The van der Waals surface area contributed by atoms with E-state index in [-0.39, 0.29) is 0 Å². The number of benzene rings is 1. The molecule has 1 aromatic carbocycles. The summed E-state index contributed by atoms with van der Waals surface area (Å²) in [6.07, 6.45) is 0. The van der Waals surface area contributed by atoms with Crippen molar-refractivity contribution in [1.82, 2.24) is 0 Å². The van der Waals surface area contributed by atoms with Crippen LogP contribution < -0.4 is 0 Å². The Morgan fingerprint density at radius 2 is 2.00 bits per heavy atom. The predicted molar refractivity (Wildman–Crippen MR) is 37.6 cm³/mol. The van der Waals surface area contributed by atoms with Crippen molar-refractivity contribution in [1.29, 1.82) is 0 Å². The van der Waals surface area contributed by atoms with Gasteiger partial charge in [-0.2, -0.15) is 0 Å². The normalized spacial score (nSPS) is 9.44. The summed E-state index contributed by atoms with van der Waals surface area (Å²) < 4.78 is 0. The zero-order valence-corrected chi connectivity index (χ0v) is 5.96. The monoisotopic (exact) mass is 135 g/mol. The largest absolute Gasteiger partial charge is 0.508 e. The van der Waals surface area contributed by atoms with E-state index in [1.54, 1.807) is 12.1 Å². The van der Waals surface area contributed by atoms with Gasteiger partial charge in [0, 0.05) is 10.2 Å². The van der Waals surface area contributed by atoms with Crippen LogP contribution in [0.5, 0.6) is 5.75 Å². The maximum absolute atomic E-state index is 9.08. The Morgan fingerprint density at radius 1 is 1.33 bits per heavy atom. The lowest BCUT2D eigenvalue weighted by molar-refractivity contribution is 0.470. The molecule has 0 aromatic heterocycles. The predicted octanol–water partition coefficient (Wildman–Crippen LogP) is 1.06. The highest BCUT2D eigenvalue weighted by Gasteiger charge is 1.92. The Balaban J connectivity index is 3.01. The Labute approximate surface area is 57.8 Å². The highest BCUT2D eigenvalue weighted by Crippen LogP contribution is 2.13.